The number of hydrogen-bond donors (Lipinski definition) is 2. The number of anilines is 1. The summed E-state index contributed by atoms with van der Waals surface area (Å²) in [6.45, 7) is 4.41. The smallest absolute Gasteiger partial charge is 0.226 e. The summed E-state index contributed by atoms with van der Waals surface area (Å²) in [4.78, 5) is 26.9. The number of para-hydroxylation sites is 1. The maximum Gasteiger partial charge on any atom is 0.226 e. The van der Waals surface area contributed by atoms with Gasteiger partial charge >= 0.3 is 0 Å². The number of benzene rings is 2. The lowest BCUT2D eigenvalue weighted by Gasteiger charge is -2.27. The molecule has 160 valence electrons. The largest absolute Gasteiger partial charge is 0.497 e. The highest BCUT2D eigenvalue weighted by Crippen LogP contribution is 2.23. The monoisotopic (exact) mass is 427 g/mol. The molecule has 1 atom stereocenters. The summed E-state index contributed by atoms with van der Waals surface area (Å²) in [5, 5.41) is 5.93. The predicted molar refractivity (Wildman–Crippen MR) is 122 cm³/mol. The molecule has 0 saturated carbocycles. The summed E-state index contributed by atoms with van der Waals surface area (Å²) in [6.07, 6.45) is 0.153. The van der Waals surface area contributed by atoms with Crippen molar-refractivity contribution in [2.75, 3.05) is 37.0 Å². The predicted octanol–water partition coefficient (Wildman–Crippen LogP) is 3.45. The lowest BCUT2D eigenvalue weighted by molar-refractivity contribution is -0.120. The van der Waals surface area contributed by atoms with Crippen LogP contribution in [0.25, 0.3) is 0 Å². The van der Waals surface area contributed by atoms with Crippen molar-refractivity contribution in [1.82, 2.24) is 10.2 Å². The van der Waals surface area contributed by atoms with Crippen LogP contribution in [-0.4, -0.2) is 48.4 Å². The molecule has 7 heteroatoms. The first-order chi connectivity index (χ1) is 14.5. The number of carbonyl (C=O) groups excluding carboxylic acids is 2. The number of ether oxygens (including phenoxy) is 1. The van der Waals surface area contributed by atoms with Crippen molar-refractivity contribution in [2.45, 2.75) is 25.9 Å². The Labute approximate surface area is 182 Å². The molecule has 0 aromatic heterocycles. The SMILES string of the molecule is COc1ccc(C(CC(=O)Nc2ccccc2CN2CCSCC2)NC(C)=O)cc1. The van der Waals surface area contributed by atoms with Gasteiger partial charge in [-0.15, -0.1) is 0 Å². The third kappa shape index (κ3) is 6.50. The minimum Gasteiger partial charge on any atom is -0.497 e. The molecule has 0 aliphatic carbocycles. The third-order valence-electron chi connectivity index (χ3n) is 5.07. The summed E-state index contributed by atoms with van der Waals surface area (Å²) < 4.78 is 5.19. The molecule has 2 aromatic carbocycles. The lowest BCUT2D eigenvalue weighted by Crippen LogP contribution is -2.32. The van der Waals surface area contributed by atoms with Crippen molar-refractivity contribution in [1.29, 1.82) is 0 Å². The van der Waals surface area contributed by atoms with Crippen molar-refractivity contribution < 1.29 is 14.3 Å². The van der Waals surface area contributed by atoms with E-state index in [9.17, 15) is 9.59 Å². The molecule has 2 amide bonds. The summed E-state index contributed by atoms with van der Waals surface area (Å²) in [6, 6.07) is 14.9. The van der Waals surface area contributed by atoms with Gasteiger partial charge in [-0.1, -0.05) is 30.3 Å². The summed E-state index contributed by atoms with van der Waals surface area (Å²) >= 11 is 1.98. The zero-order valence-corrected chi connectivity index (χ0v) is 18.3. The molecule has 0 spiro atoms. The van der Waals surface area contributed by atoms with E-state index in [1.807, 2.05) is 54.2 Å². The van der Waals surface area contributed by atoms with Crippen LogP contribution in [0.2, 0.25) is 0 Å². The molecule has 1 saturated heterocycles. The van der Waals surface area contributed by atoms with Gasteiger partial charge in [0.05, 0.1) is 19.6 Å². The highest BCUT2D eigenvalue weighted by Gasteiger charge is 2.19. The molecule has 1 aliphatic rings. The fourth-order valence-corrected chi connectivity index (χ4v) is 4.48. The van der Waals surface area contributed by atoms with Crippen LogP contribution in [0, 0.1) is 0 Å². The molecule has 1 fully saturated rings. The summed E-state index contributed by atoms with van der Waals surface area (Å²) in [5.74, 6) is 2.72. The fraction of sp³-hybridized carbons (Fsp3) is 0.391. The number of amides is 2. The van der Waals surface area contributed by atoms with Crippen molar-refractivity contribution in [2.24, 2.45) is 0 Å². The Morgan fingerprint density at radius 2 is 1.80 bits per heavy atom. The van der Waals surface area contributed by atoms with Crippen molar-refractivity contribution in [3.63, 3.8) is 0 Å². The minimum atomic E-state index is -0.403. The number of rotatable bonds is 8. The Morgan fingerprint density at radius 1 is 1.10 bits per heavy atom. The minimum absolute atomic E-state index is 0.133. The van der Waals surface area contributed by atoms with E-state index in [1.165, 1.54) is 6.92 Å². The number of nitrogens with zero attached hydrogens (tertiary/aromatic N) is 1. The van der Waals surface area contributed by atoms with Gasteiger partial charge in [-0.25, -0.2) is 0 Å². The molecule has 6 nitrogen and oxygen atoms in total. The van der Waals surface area contributed by atoms with Crippen molar-refractivity contribution in [3.8, 4) is 5.75 Å². The van der Waals surface area contributed by atoms with Gasteiger partial charge in [0.25, 0.3) is 0 Å². The van der Waals surface area contributed by atoms with Crippen LogP contribution in [0.15, 0.2) is 48.5 Å². The number of nitrogens with one attached hydrogen (secondary N) is 2. The molecular formula is C23H29N3O3S. The van der Waals surface area contributed by atoms with Crippen molar-refractivity contribution >= 4 is 29.3 Å². The molecule has 3 rings (SSSR count). The van der Waals surface area contributed by atoms with Gasteiger partial charge in [-0.05, 0) is 29.3 Å². The topological polar surface area (TPSA) is 70.7 Å². The summed E-state index contributed by atoms with van der Waals surface area (Å²) in [5.41, 5.74) is 2.80. The number of hydrogen-bond acceptors (Lipinski definition) is 5. The fourth-order valence-electron chi connectivity index (χ4n) is 3.50. The molecular weight excluding hydrogens is 398 g/mol. The van der Waals surface area contributed by atoms with Gasteiger partial charge in [0.2, 0.25) is 11.8 Å². The van der Waals surface area contributed by atoms with Crippen LogP contribution in [0.1, 0.15) is 30.5 Å². The highest BCUT2D eigenvalue weighted by atomic mass is 32.2. The van der Waals surface area contributed by atoms with E-state index < -0.39 is 6.04 Å². The van der Waals surface area contributed by atoms with E-state index in [2.05, 4.69) is 21.6 Å². The van der Waals surface area contributed by atoms with Gasteiger partial charge in [0.1, 0.15) is 5.75 Å². The Kier molecular flexibility index (Phi) is 8.16. The molecule has 1 aliphatic heterocycles. The van der Waals surface area contributed by atoms with Crippen LogP contribution in [0.3, 0.4) is 0 Å². The second-order valence-corrected chi connectivity index (χ2v) is 8.55. The van der Waals surface area contributed by atoms with Gasteiger partial charge in [-0.3, -0.25) is 14.5 Å². The summed E-state index contributed by atoms with van der Waals surface area (Å²) in [7, 11) is 1.61. The first-order valence-electron chi connectivity index (χ1n) is 10.1. The maximum atomic E-state index is 12.8. The van der Waals surface area contributed by atoms with Crippen LogP contribution in [0.4, 0.5) is 5.69 Å². The first kappa shape index (κ1) is 22.2. The van der Waals surface area contributed by atoms with Crippen LogP contribution in [0.5, 0.6) is 5.75 Å². The van der Waals surface area contributed by atoms with E-state index >= 15 is 0 Å². The number of thioether (sulfide) groups is 1. The average molecular weight is 428 g/mol. The number of carbonyl (C=O) groups is 2. The normalized spacial score (nSPS) is 15.3. The molecule has 30 heavy (non-hydrogen) atoms. The quantitative estimate of drug-likeness (QED) is 0.675. The van der Waals surface area contributed by atoms with E-state index in [1.54, 1.807) is 7.11 Å². The maximum absolute atomic E-state index is 12.8. The molecule has 1 heterocycles. The standard InChI is InChI=1S/C23H29N3O3S/c1-17(27)24-22(18-7-9-20(29-2)10-8-18)15-23(28)25-21-6-4-3-5-19(21)16-26-11-13-30-14-12-26/h3-10,22H,11-16H2,1-2H3,(H,24,27)(H,25,28). The lowest BCUT2D eigenvalue weighted by atomic mass is 10.0. The highest BCUT2D eigenvalue weighted by molar-refractivity contribution is 7.99. The zero-order valence-electron chi connectivity index (χ0n) is 17.5. The average Bonchev–Trinajstić information content (AvgIpc) is 2.75. The van der Waals surface area contributed by atoms with Crippen molar-refractivity contribution in [3.05, 3.63) is 59.7 Å². The van der Waals surface area contributed by atoms with E-state index in [-0.39, 0.29) is 18.2 Å². The third-order valence-corrected chi connectivity index (χ3v) is 6.02. The first-order valence-corrected chi connectivity index (χ1v) is 11.3. The van der Waals surface area contributed by atoms with Gasteiger partial charge in [0.15, 0.2) is 0 Å². The molecule has 0 radical (unpaired) electrons. The van der Waals surface area contributed by atoms with E-state index in [4.69, 9.17) is 4.74 Å². The van der Waals surface area contributed by atoms with E-state index in [0.29, 0.717) is 0 Å². The van der Waals surface area contributed by atoms with Gasteiger partial charge in [0, 0.05) is 43.8 Å². The van der Waals surface area contributed by atoms with Gasteiger partial charge in [-0.2, -0.15) is 11.8 Å². The molecule has 2 aromatic rings. The molecule has 1 unspecified atom stereocenters. The van der Waals surface area contributed by atoms with Crippen LogP contribution in [-0.2, 0) is 16.1 Å². The van der Waals surface area contributed by atoms with Crippen LogP contribution >= 0.6 is 11.8 Å². The number of methoxy groups -OCH3 is 1. The van der Waals surface area contributed by atoms with Gasteiger partial charge < -0.3 is 15.4 Å². The zero-order chi connectivity index (χ0) is 21.3. The Morgan fingerprint density at radius 3 is 2.47 bits per heavy atom. The molecule has 0 bridgehead atoms. The second-order valence-electron chi connectivity index (χ2n) is 7.32. The molecule has 2 N–H and O–H groups in total. The van der Waals surface area contributed by atoms with E-state index in [0.717, 1.165) is 53.7 Å². The Hall–Kier alpha value is -2.51. The Balaban J connectivity index is 1.68. The Bertz CT molecular complexity index is 851. The van der Waals surface area contributed by atoms with Crippen LogP contribution < -0.4 is 15.4 Å². The second kappa shape index (κ2) is 11.0.